The molecule has 0 aliphatic heterocycles. The molecule has 4 nitrogen and oxygen atoms in total. The van der Waals surface area contributed by atoms with E-state index in [1.807, 2.05) is 13.0 Å². The fourth-order valence-corrected chi connectivity index (χ4v) is 4.17. The van der Waals surface area contributed by atoms with Crippen LogP contribution in [0.15, 0.2) is 53.4 Å². The van der Waals surface area contributed by atoms with Crippen LogP contribution < -0.4 is 9.46 Å². The summed E-state index contributed by atoms with van der Waals surface area (Å²) < 4.78 is 32.4. The van der Waals surface area contributed by atoms with Crippen molar-refractivity contribution in [2.45, 2.75) is 24.5 Å². The first-order chi connectivity index (χ1) is 11.5. The van der Waals surface area contributed by atoms with Crippen LogP contribution >= 0.6 is 11.8 Å². The standard InChI is InChI=1S/C18H23NO3S2/c1-3-22-17-7-9-18(10-8-17)24(20,21)19-11-12-23-14-16-6-4-5-15(2)13-16/h4-10,13,19H,3,11-12,14H2,1-2H3. The van der Waals surface area contributed by atoms with Crippen LogP contribution in [0, 0.1) is 6.92 Å². The normalized spacial score (nSPS) is 11.4. The lowest BCUT2D eigenvalue weighted by Crippen LogP contribution is -2.26. The minimum absolute atomic E-state index is 0.259. The van der Waals surface area contributed by atoms with Gasteiger partial charge in [0.2, 0.25) is 10.0 Å². The van der Waals surface area contributed by atoms with Crippen LogP contribution in [-0.4, -0.2) is 27.3 Å². The summed E-state index contributed by atoms with van der Waals surface area (Å²) in [5.41, 5.74) is 2.50. The van der Waals surface area contributed by atoms with Crippen LogP contribution in [0.1, 0.15) is 18.1 Å². The summed E-state index contributed by atoms with van der Waals surface area (Å²) in [7, 11) is -3.46. The second-order valence-corrected chi connectivity index (χ2v) is 8.22. The maximum absolute atomic E-state index is 12.2. The summed E-state index contributed by atoms with van der Waals surface area (Å²) in [6.45, 7) is 4.92. The van der Waals surface area contributed by atoms with Gasteiger partial charge in [-0.05, 0) is 43.7 Å². The van der Waals surface area contributed by atoms with Crippen LogP contribution in [0.3, 0.4) is 0 Å². The van der Waals surface area contributed by atoms with Crippen LogP contribution in [0.4, 0.5) is 0 Å². The Morgan fingerprint density at radius 3 is 2.54 bits per heavy atom. The van der Waals surface area contributed by atoms with E-state index in [1.54, 1.807) is 36.0 Å². The van der Waals surface area contributed by atoms with E-state index in [9.17, 15) is 8.42 Å². The molecule has 0 unspecified atom stereocenters. The van der Waals surface area contributed by atoms with Gasteiger partial charge in [-0.15, -0.1) is 0 Å². The van der Waals surface area contributed by atoms with E-state index in [1.165, 1.54) is 11.1 Å². The number of aryl methyl sites for hydroxylation is 1. The smallest absolute Gasteiger partial charge is 0.240 e. The summed E-state index contributed by atoms with van der Waals surface area (Å²) in [5.74, 6) is 2.28. The molecule has 130 valence electrons. The maximum Gasteiger partial charge on any atom is 0.240 e. The number of hydrogen-bond donors (Lipinski definition) is 1. The van der Waals surface area contributed by atoms with Crippen molar-refractivity contribution >= 4 is 21.8 Å². The lowest BCUT2D eigenvalue weighted by atomic mass is 10.2. The van der Waals surface area contributed by atoms with E-state index < -0.39 is 10.0 Å². The highest BCUT2D eigenvalue weighted by molar-refractivity contribution is 7.98. The fourth-order valence-electron chi connectivity index (χ4n) is 2.21. The number of benzene rings is 2. The predicted octanol–water partition coefficient (Wildman–Crippen LogP) is 3.61. The third-order valence-electron chi connectivity index (χ3n) is 3.33. The second kappa shape index (κ2) is 9.11. The Morgan fingerprint density at radius 1 is 1.12 bits per heavy atom. The molecule has 24 heavy (non-hydrogen) atoms. The molecular formula is C18H23NO3S2. The second-order valence-electron chi connectivity index (χ2n) is 5.34. The Morgan fingerprint density at radius 2 is 1.88 bits per heavy atom. The molecule has 2 aromatic carbocycles. The molecule has 0 bridgehead atoms. The molecule has 0 atom stereocenters. The molecule has 0 amide bonds. The van der Waals surface area contributed by atoms with Gasteiger partial charge in [-0.25, -0.2) is 13.1 Å². The van der Waals surface area contributed by atoms with Crippen LogP contribution in [0.25, 0.3) is 0 Å². The summed E-state index contributed by atoms with van der Waals surface area (Å²) in [4.78, 5) is 0.259. The number of rotatable bonds is 9. The Kier molecular flexibility index (Phi) is 7.15. The van der Waals surface area contributed by atoms with E-state index in [-0.39, 0.29) is 4.90 Å². The molecule has 0 saturated heterocycles. The molecule has 0 saturated carbocycles. The van der Waals surface area contributed by atoms with Gasteiger partial charge in [-0.1, -0.05) is 29.8 Å². The number of thioether (sulfide) groups is 1. The fraction of sp³-hybridized carbons (Fsp3) is 0.333. The van der Waals surface area contributed by atoms with Gasteiger partial charge in [0.15, 0.2) is 0 Å². The highest BCUT2D eigenvalue weighted by Gasteiger charge is 2.13. The van der Waals surface area contributed by atoms with E-state index in [4.69, 9.17) is 4.74 Å². The first-order valence-electron chi connectivity index (χ1n) is 7.87. The van der Waals surface area contributed by atoms with Crippen molar-refractivity contribution in [3.63, 3.8) is 0 Å². The Hall–Kier alpha value is -1.50. The van der Waals surface area contributed by atoms with Crippen molar-refractivity contribution in [2.75, 3.05) is 18.9 Å². The predicted molar refractivity (Wildman–Crippen MR) is 100 cm³/mol. The van der Waals surface area contributed by atoms with Crippen molar-refractivity contribution in [3.8, 4) is 5.75 Å². The number of nitrogens with one attached hydrogen (secondary N) is 1. The minimum atomic E-state index is -3.46. The molecule has 0 aliphatic carbocycles. The van der Waals surface area contributed by atoms with Gasteiger partial charge >= 0.3 is 0 Å². The quantitative estimate of drug-likeness (QED) is 0.690. The first-order valence-corrected chi connectivity index (χ1v) is 10.5. The van der Waals surface area contributed by atoms with E-state index >= 15 is 0 Å². The molecular weight excluding hydrogens is 342 g/mol. The molecule has 0 spiro atoms. The van der Waals surface area contributed by atoms with Crippen molar-refractivity contribution < 1.29 is 13.2 Å². The monoisotopic (exact) mass is 365 g/mol. The SMILES string of the molecule is CCOc1ccc(S(=O)(=O)NCCSCc2cccc(C)c2)cc1. The topological polar surface area (TPSA) is 55.4 Å². The molecule has 2 rings (SSSR count). The van der Waals surface area contributed by atoms with Crippen LogP contribution in [0.5, 0.6) is 5.75 Å². The largest absolute Gasteiger partial charge is 0.494 e. The Bertz CT molecular complexity index is 743. The number of hydrogen-bond acceptors (Lipinski definition) is 4. The third-order valence-corrected chi connectivity index (χ3v) is 5.84. The highest BCUT2D eigenvalue weighted by Crippen LogP contribution is 2.16. The number of sulfonamides is 1. The summed E-state index contributed by atoms with van der Waals surface area (Å²) in [5, 5.41) is 0. The van der Waals surface area contributed by atoms with Crippen molar-refractivity contribution in [3.05, 3.63) is 59.7 Å². The molecule has 0 aromatic heterocycles. The molecule has 2 aromatic rings. The van der Waals surface area contributed by atoms with Gasteiger partial charge in [-0.3, -0.25) is 0 Å². The third kappa shape index (κ3) is 5.85. The summed E-state index contributed by atoms with van der Waals surface area (Å²) in [6, 6.07) is 14.8. The molecule has 0 aliphatic rings. The first kappa shape index (κ1) is 18.8. The Balaban J connectivity index is 1.78. The van der Waals surface area contributed by atoms with Crippen molar-refractivity contribution in [1.82, 2.24) is 4.72 Å². The molecule has 0 radical (unpaired) electrons. The maximum atomic E-state index is 12.2. The van der Waals surface area contributed by atoms with Crippen molar-refractivity contribution in [2.24, 2.45) is 0 Å². The van der Waals surface area contributed by atoms with Crippen molar-refractivity contribution in [1.29, 1.82) is 0 Å². The molecule has 6 heteroatoms. The van der Waals surface area contributed by atoms with Crippen LogP contribution in [0.2, 0.25) is 0 Å². The highest BCUT2D eigenvalue weighted by atomic mass is 32.2. The van der Waals surface area contributed by atoms with Gasteiger partial charge < -0.3 is 4.74 Å². The zero-order valence-electron chi connectivity index (χ0n) is 14.0. The Labute approximate surface area is 148 Å². The lowest BCUT2D eigenvalue weighted by Gasteiger charge is -2.08. The lowest BCUT2D eigenvalue weighted by molar-refractivity contribution is 0.340. The molecule has 0 heterocycles. The summed E-state index contributed by atoms with van der Waals surface area (Å²) >= 11 is 1.71. The van der Waals surface area contributed by atoms with E-state index in [2.05, 4.69) is 29.8 Å². The average Bonchev–Trinajstić information content (AvgIpc) is 2.55. The number of ether oxygens (including phenoxy) is 1. The summed E-state index contributed by atoms with van der Waals surface area (Å²) in [6.07, 6.45) is 0. The van der Waals surface area contributed by atoms with Crippen LogP contribution in [-0.2, 0) is 15.8 Å². The van der Waals surface area contributed by atoms with Gasteiger partial charge in [0.1, 0.15) is 5.75 Å². The van der Waals surface area contributed by atoms with Gasteiger partial charge in [0.25, 0.3) is 0 Å². The minimum Gasteiger partial charge on any atom is -0.494 e. The van der Waals surface area contributed by atoms with E-state index in [0.29, 0.717) is 18.9 Å². The average molecular weight is 366 g/mol. The zero-order valence-corrected chi connectivity index (χ0v) is 15.6. The van der Waals surface area contributed by atoms with Gasteiger partial charge in [-0.2, -0.15) is 11.8 Å². The zero-order chi connectivity index (χ0) is 17.4. The molecule has 1 N–H and O–H groups in total. The molecule has 0 fully saturated rings. The van der Waals surface area contributed by atoms with Gasteiger partial charge in [0.05, 0.1) is 11.5 Å². The van der Waals surface area contributed by atoms with E-state index in [0.717, 1.165) is 11.5 Å². The van der Waals surface area contributed by atoms with Gasteiger partial charge in [0, 0.05) is 18.1 Å².